The third-order valence-corrected chi connectivity index (χ3v) is 6.73. The minimum absolute atomic E-state index is 0.0663. The highest BCUT2D eigenvalue weighted by Gasteiger charge is 2.40. The van der Waals surface area contributed by atoms with Gasteiger partial charge < -0.3 is 15.8 Å². The second-order valence-corrected chi connectivity index (χ2v) is 9.34. The van der Waals surface area contributed by atoms with Crippen LogP contribution in [0.25, 0.3) is 11.3 Å². The number of amides is 3. The maximum atomic E-state index is 14.2. The van der Waals surface area contributed by atoms with Gasteiger partial charge >= 0.3 is 0 Å². The zero-order valence-electron chi connectivity index (χ0n) is 19.6. The molecule has 196 valence electrons. The number of hydrogen-bond donors (Lipinski definition) is 3. The lowest BCUT2D eigenvalue weighted by Gasteiger charge is -2.21. The predicted molar refractivity (Wildman–Crippen MR) is 145 cm³/mol. The van der Waals surface area contributed by atoms with Gasteiger partial charge in [0.2, 0.25) is 0 Å². The quantitative estimate of drug-likeness (QED) is 0.202. The number of nitrogens with zero attached hydrogens (tertiary/aromatic N) is 3. The van der Waals surface area contributed by atoms with E-state index < -0.39 is 28.6 Å². The largest absolute Gasteiger partial charge is 0.733 e. The van der Waals surface area contributed by atoms with Crippen molar-refractivity contribution in [1.29, 1.82) is 0 Å². The molecule has 5 rings (SSSR count). The first-order chi connectivity index (χ1) is 18.7. The Labute approximate surface area is 229 Å². The fourth-order valence-electron chi connectivity index (χ4n) is 3.74. The van der Waals surface area contributed by atoms with Crippen LogP contribution in [-0.2, 0) is 9.59 Å². The van der Waals surface area contributed by atoms with Crippen LogP contribution in [0.3, 0.4) is 0 Å². The van der Waals surface area contributed by atoms with E-state index in [2.05, 4.69) is 15.6 Å². The summed E-state index contributed by atoms with van der Waals surface area (Å²) < 4.78 is 14.2. The Hall–Kier alpha value is -4.62. The first kappa shape index (κ1) is 26.0. The number of imide groups is 1. The molecule has 4 aromatic rings. The standard InChI is InChI=1S/C26H16ClFN5O5S/c27-21-22(25(36)32(24(21)35)20-7-2-1-6-18(20)28)29-16-5-3-4-15(12-16)23(34)31-26-30-19(13-39-26)14-8-10-17(11-9-14)33(37)38/h1-13,29,37H,(H,30,31,34)/q-1. The molecule has 0 unspecified atom stereocenters. The van der Waals surface area contributed by atoms with Gasteiger partial charge in [0.05, 0.1) is 17.1 Å². The molecule has 0 bridgehead atoms. The van der Waals surface area contributed by atoms with Crippen molar-refractivity contribution in [1.82, 2.24) is 4.98 Å². The molecule has 0 atom stereocenters. The van der Waals surface area contributed by atoms with Gasteiger partial charge in [-0.1, -0.05) is 41.9 Å². The Bertz CT molecular complexity index is 1640. The second-order valence-electron chi connectivity index (χ2n) is 8.10. The first-order valence-corrected chi connectivity index (χ1v) is 12.4. The van der Waals surface area contributed by atoms with Crippen molar-refractivity contribution in [2.75, 3.05) is 20.8 Å². The third kappa shape index (κ3) is 5.22. The number of para-hydroxylation sites is 1. The van der Waals surface area contributed by atoms with Gasteiger partial charge in [-0.3, -0.25) is 24.9 Å². The van der Waals surface area contributed by atoms with Gasteiger partial charge in [-0.2, -0.15) is 0 Å². The van der Waals surface area contributed by atoms with Crippen molar-refractivity contribution >= 4 is 62.9 Å². The van der Waals surface area contributed by atoms with Crippen molar-refractivity contribution in [3.8, 4) is 11.3 Å². The van der Waals surface area contributed by atoms with Crippen LogP contribution in [0.4, 0.5) is 26.6 Å². The molecular weight excluding hydrogens is 549 g/mol. The smallest absolute Gasteiger partial charge is 0.283 e. The number of carbonyl (C=O) groups is 3. The summed E-state index contributed by atoms with van der Waals surface area (Å²) in [7, 11) is 0. The van der Waals surface area contributed by atoms with E-state index in [1.807, 2.05) is 0 Å². The number of nitrogens with one attached hydrogen (secondary N) is 2. The summed E-state index contributed by atoms with van der Waals surface area (Å²) in [4.78, 5) is 43.4. The van der Waals surface area contributed by atoms with Crippen LogP contribution in [0.15, 0.2) is 88.9 Å². The fourth-order valence-corrected chi connectivity index (χ4v) is 4.67. The summed E-state index contributed by atoms with van der Waals surface area (Å²) in [6, 6.07) is 17.5. The van der Waals surface area contributed by atoms with E-state index in [1.54, 1.807) is 35.7 Å². The summed E-state index contributed by atoms with van der Waals surface area (Å²) in [5.74, 6) is -2.96. The number of carbonyl (C=O) groups excluding carboxylic acids is 3. The highest BCUT2D eigenvalue weighted by atomic mass is 35.5. The molecule has 0 fully saturated rings. The third-order valence-electron chi connectivity index (χ3n) is 5.62. The predicted octanol–water partition coefficient (Wildman–Crippen LogP) is 5.33. The van der Waals surface area contributed by atoms with Gasteiger partial charge in [-0.15, -0.1) is 11.3 Å². The maximum Gasteiger partial charge on any atom is 0.283 e. The molecule has 1 aliphatic heterocycles. The van der Waals surface area contributed by atoms with E-state index in [9.17, 15) is 24.0 Å². The van der Waals surface area contributed by atoms with Gasteiger partial charge in [0.25, 0.3) is 17.7 Å². The van der Waals surface area contributed by atoms with Crippen LogP contribution < -0.4 is 20.8 Å². The lowest BCUT2D eigenvalue weighted by molar-refractivity contribution is -0.120. The Morgan fingerprint density at radius 1 is 1.05 bits per heavy atom. The van der Waals surface area contributed by atoms with Gasteiger partial charge in [0.1, 0.15) is 16.5 Å². The molecule has 1 aromatic heterocycles. The first-order valence-electron chi connectivity index (χ1n) is 11.2. The van der Waals surface area contributed by atoms with Crippen LogP contribution in [0.5, 0.6) is 0 Å². The monoisotopic (exact) mass is 564 g/mol. The molecule has 1 aliphatic rings. The molecule has 0 spiro atoms. The van der Waals surface area contributed by atoms with Gasteiger partial charge in [-0.25, -0.2) is 14.3 Å². The van der Waals surface area contributed by atoms with Crippen LogP contribution in [0.1, 0.15) is 10.4 Å². The Balaban J connectivity index is 1.30. The van der Waals surface area contributed by atoms with Crippen LogP contribution in [0, 0.1) is 11.0 Å². The topological polar surface area (TPSA) is 138 Å². The van der Waals surface area contributed by atoms with Crippen LogP contribution >= 0.6 is 22.9 Å². The zero-order chi connectivity index (χ0) is 27.7. The highest BCUT2D eigenvalue weighted by molar-refractivity contribution is 7.14. The number of anilines is 4. The average Bonchev–Trinajstić information content (AvgIpc) is 3.48. The van der Waals surface area contributed by atoms with Crippen LogP contribution in [0.2, 0.25) is 0 Å². The molecule has 0 radical (unpaired) electrons. The number of rotatable bonds is 7. The van der Waals surface area contributed by atoms with Crippen molar-refractivity contribution in [2.45, 2.75) is 0 Å². The summed E-state index contributed by atoms with van der Waals surface area (Å²) in [5, 5.41) is 26.7. The summed E-state index contributed by atoms with van der Waals surface area (Å²) >= 11 is 7.31. The van der Waals surface area contributed by atoms with Gasteiger partial charge in [-0.05, 0) is 42.5 Å². The minimum Gasteiger partial charge on any atom is -0.733 e. The molecule has 13 heteroatoms. The number of benzene rings is 3. The van der Waals surface area contributed by atoms with Crippen molar-refractivity contribution in [2.24, 2.45) is 0 Å². The summed E-state index contributed by atoms with van der Waals surface area (Å²) in [5.41, 5.74) is 1.33. The summed E-state index contributed by atoms with van der Waals surface area (Å²) in [6.07, 6.45) is 0. The van der Waals surface area contributed by atoms with Gasteiger partial charge in [0, 0.05) is 22.2 Å². The molecule has 0 saturated heterocycles. The maximum absolute atomic E-state index is 14.2. The molecule has 10 nitrogen and oxygen atoms in total. The zero-order valence-corrected chi connectivity index (χ0v) is 21.2. The van der Waals surface area contributed by atoms with E-state index in [0.29, 0.717) is 27.0 Å². The number of aromatic nitrogens is 1. The lowest BCUT2D eigenvalue weighted by atomic mass is 10.1. The lowest BCUT2D eigenvalue weighted by Crippen LogP contribution is -2.33. The fraction of sp³-hybridized carbons (Fsp3) is 0. The molecule has 39 heavy (non-hydrogen) atoms. The van der Waals surface area contributed by atoms with E-state index in [1.165, 1.54) is 47.7 Å². The molecule has 0 saturated carbocycles. The van der Waals surface area contributed by atoms with Crippen molar-refractivity contribution < 1.29 is 24.0 Å². The highest BCUT2D eigenvalue weighted by Crippen LogP contribution is 2.32. The molecule has 3 aromatic carbocycles. The summed E-state index contributed by atoms with van der Waals surface area (Å²) in [6.45, 7) is 0. The van der Waals surface area contributed by atoms with Gasteiger partial charge in [0.15, 0.2) is 5.13 Å². The Morgan fingerprint density at radius 2 is 1.79 bits per heavy atom. The van der Waals surface area contributed by atoms with E-state index >= 15 is 0 Å². The Kier molecular flexibility index (Phi) is 7.09. The molecular formula is C26H16ClFN5O5S-. The van der Waals surface area contributed by atoms with Crippen LogP contribution in [-0.4, -0.2) is 27.9 Å². The van der Waals surface area contributed by atoms with E-state index in [-0.39, 0.29) is 27.9 Å². The Morgan fingerprint density at radius 3 is 2.51 bits per heavy atom. The molecule has 2 heterocycles. The molecule has 3 N–H and O–H groups in total. The van der Waals surface area contributed by atoms with E-state index in [0.717, 1.165) is 6.07 Å². The SMILES string of the molecule is O=C(Nc1nc(-c2ccc(N([O-])O)cc2)cs1)c1cccc(NC2=C(Cl)C(=O)N(c3ccccc3F)C2=O)c1. The number of thiazole rings is 1. The molecule has 3 amide bonds. The number of halogens is 2. The normalized spacial score (nSPS) is 13.2. The van der Waals surface area contributed by atoms with Crippen molar-refractivity contribution in [3.63, 3.8) is 0 Å². The number of hydrogen-bond acceptors (Lipinski definition) is 9. The molecule has 0 aliphatic carbocycles. The van der Waals surface area contributed by atoms with Crippen molar-refractivity contribution in [3.05, 3.63) is 105 Å². The van der Waals surface area contributed by atoms with E-state index in [4.69, 9.17) is 16.8 Å². The minimum atomic E-state index is -0.876. The average molecular weight is 565 g/mol. The second kappa shape index (κ2) is 10.6.